The van der Waals surface area contributed by atoms with E-state index in [0.717, 1.165) is 11.3 Å². The van der Waals surface area contributed by atoms with Gasteiger partial charge in [0.2, 0.25) is 0 Å². The van der Waals surface area contributed by atoms with Crippen LogP contribution in [0.4, 0.5) is 5.69 Å². The first-order valence-corrected chi connectivity index (χ1v) is 6.29. The van der Waals surface area contributed by atoms with Gasteiger partial charge in [-0.2, -0.15) is 0 Å². The molecule has 0 radical (unpaired) electrons. The first kappa shape index (κ1) is 14.5. The van der Waals surface area contributed by atoms with Crippen molar-refractivity contribution in [1.29, 1.82) is 0 Å². The summed E-state index contributed by atoms with van der Waals surface area (Å²) >= 11 is 0. The van der Waals surface area contributed by atoms with Crippen molar-refractivity contribution in [3.63, 3.8) is 0 Å². The number of aliphatic hydroxyl groups is 1. The number of carbonyl (C=O) groups is 1. The monoisotopic (exact) mass is 250 g/mol. The molecule has 4 nitrogen and oxygen atoms in total. The summed E-state index contributed by atoms with van der Waals surface area (Å²) in [5.41, 5.74) is 7.17. The molecule has 4 heteroatoms. The van der Waals surface area contributed by atoms with Gasteiger partial charge in [-0.15, -0.1) is 0 Å². The van der Waals surface area contributed by atoms with Crippen LogP contribution in [0, 0.1) is 13.8 Å². The third kappa shape index (κ3) is 3.23. The van der Waals surface area contributed by atoms with Gasteiger partial charge < -0.3 is 5.11 Å². The third-order valence-corrected chi connectivity index (χ3v) is 3.29. The van der Waals surface area contributed by atoms with E-state index in [-0.39, 0.29) is 0 Å². The summed E-state index contributed by atoms with van der Waals surface area (Å²) in [6.45, 7) is 7.57. The van der Waals surface area contributed by atoms with Gasteiger partial charge in [-0.05, 0) is 38.3 Å². The first-order chi connectivity index (χ1) is 8.42. The van der Waals surface area contributed by atoms with Gasteiger partial charge in [-0.1, -0.05) is 31.5 Å². The van der Waals surface area contributed by atoms with Crippen LogP contribution in [0.3, 0.4) is 0 Å². The predicted octanol–water partition coefficient (Wildman–Crippen LogP) is 2.30. The molecule has 0 bridgehead atoms. The maximum Gasteiger partial charge on any atom is 0.270 e. The van der Waals surface area contributed by atoms with Crippen molar-refractivity contribution in [1.82, 2.24) is 5.43 Å². The highest BCUT2D eigenvalue weighted by atomic mass is 16.3. The molecular formula is C14H22N2O2. The van der Waals surface area contributed by atoms with E-state index < -0.39 is 11.5 Å². The van der Waals surface area contributed by atoms with E-state index in [0.29, 0.717) is 12.8 Å². The lowest BCUT2D eigenvalue weighted by molar-refractivity contribution is -0.139. The van der Waals surface area contributed by atoms with Gasteiger partial charge in [0, 0.05) is 0 Å². The minimum atomic E-state index is -1.30. The number of aryl methyl sites for hydroxylation is 2. The van der Waals surface area contributed by atoms with Crippen LogP contribution in [0.2, 0.25) is 0 Å². The molecule has 0 saturated carbocycles. The second-order valence-electron chi connectivity index (χ2n) is 4.64. The van der Waals surface area contributed by atoms with Crippen molar-refractivity contribution < 1.29 is 9.90 Å². The number of anilines is 1. The number of amides is 1. The topological polar surface area (TPSA) is 61.4 Å². The Morgan fingerprint density at radius 1 is 1.28 bits per heavy atom. The lowest BCUT2D eigenvalue weighted by Crippen LogP contribution is -2.48. The number of hydrogen-bond acceptors (Lipinski definition) is 3. The average Bonchev–Trinajstić information content (AvgIpc) is 2.36. The van der Waals surface area contributed by atoms with Crippen molar-refractivity contribution in [3.8, 4) is 0 Å². The van der Waals surface area contributed by atoms with Crippen molar-refractivity contribution in [3.05, 3.63) is 29.3 Å². The van der Waals surface area contributed by atoms with E-state index in [1.54, 1.807) is 13.8 Å². The molecule has 18 heavy (non-hydrogen) atoms. The van der Waals surface area contributed by atoms with Crippen LogP contribution in [0.5, 0.6) is 0 Å². The molecule has 0 spiro atoms. The molecule has 0 heterocycles. The number of benzene rings is 1. The number of hydrazine groups is 1. The summed E-state index contributed by atoms with van der Waals surface area (Å²) in [6, 6.07) is 5.90. The molecule has 0 saturated heterocycles. The quantitative estimate of drug-likeness (QED) is 0.703. The summed E-state index contributed by atoms with van der Waals surface area (Å²) in [6.07, 6.45) is 0.786. The molecule has 0 aliphatic heterocycles. The van der Waals surface area contributed by atoms with Crippen molar-refractivity contribution in [2.24, 2.45) is 0 Å². The second-order valence-corrected chi connectivity index (χ2v) is 4.64. The molecular weight excluding hydrogens is 228 g/mol. The molecule has 1 rings (SSSR count). The highest BCUT2D eigenvalue weighted by Crippen LogP contribution is 2.17. The largest absolute Gasteiger partial charge is 0.380 e. The van der Waals surface area contributed by atoms with Gasteiger partial charge in [0.25, 0.3) is 5.91 Å². The second kappa shape index (κ2) is 5.87. The van der Waals surface area contributed by atoms with Crippen LogP contribution in [-0.2, 0) is 4.79 Å². The Labute approximate surface area is 108 Å². The van der Waals surface area contributed by atoms with Crippen molar-refractivity contribution in [2.75, 3.05) is 5.43 Å². The zero-order valence-corrected chi connectivity index (χ0v) is 11.5. The van der Waals surface area contributed by atoms with Crippen LogP contribution in [0.15, 0.2) is 18.2 Å². The van der Waals surface area contributed by atoms with E-state index in [1.807, 2.05) is 32.0 Å². The summed E-state index contributed by atoms with van der Waals surface area (Å²) < 4.78 is 0. The van der Waals surface area contributed by atoms with Crippen LogP contribution in [-0.4, -0.2) is 16.6 Å². The Bertz CT molecular complexity index is 426. The maximum atomic E-state index is 11.9. The fraction of sp³-hybridized carbons (Fsp3) is 0.500. The van der Waals surface area contributed by atoms with E-state index in [2.05, 4.69) is 10.9 Å². The van der Waals surface area contributed by atoms with Crippen LogP contribution < -0.4 is 10.9 Å². The Hall–Kier alpha value is -1.55. The summed E-state index contributed by atoms with van der Waals surface area (Å²) in [4.78, 5) is 11.9. The van der Waals surface area contributed by atoms with Crippen LogP contribution in [0.25, 0.3) is 0 Å². The van der Waals surface area contributed by atoms with Gasteiger partial charge in [0.05, 0.1) is 5.69 Å². The van der Waals surface area contributed by atoms with Crippen LogP contribution >= 0.6 is 0 Å². The van der Waals surface area contributed by atoms with Gasteiger partial charge in [-0.3, -0.25) is 15.6 Å². The van der Waals surface area contributed by atoms with Crippen molar-refractivity contribution >= 4 is 11.6 Å². The SMILES string of the molecule is CCC(O)(CC)C(=O)NNc1ccc(C)cc1C. The first-order valence-electron chi connectivity index (χ1n) is 6.29. The predicted molar refractivity (Wildman–Crippen MR) is 73.2 cm³/mol. The van der Waals surface area contributed by atoms with Gasteiger partial charge in [0.15, 0.2) is 0 Å². The van der Waals surface area contributed by atoms with E-state index >= 15 is 0 Å². The Balaban J connectivity index is 2.68. The molecule has 0 aromatic heterocycles. The molecule has 0 aliphatic rings. The number of hydrogen-bond donors (Lipinski definition) is 3. The highest BCUT2D eigenvalue weighted by molar-refractivity contribution is 5.85. The molecule has 0 fully saturated rings. The molecule has 0 unspecified atom stereocenters. The minimum Gasteiger partial charge on any atom is -0.380 e. The number of nitrogens with one attached hydrogen (secondary N) is 2. The van der Waals surface area contributed by atoms with Gasteiger partial charge >= 0.3 is 0 Å². The molecule has 0 atom stereocenters. The molecule has 1 aromatic carbocycles. The van der Waals surface area contributed by atoms with Crippen molar-refractivity contribution in [2.45, 2.75) is 46.1 Å². The molecule has 3 N–H and O–H groups in total. The average molecular weight is 250 g/mol. The molecule has 0 aliphatic carbocycles. The smallest absolute Gasteiger partial charge is 0.270 e. The molecule has 1 aromatic rings. The van der Waals surface area contributed by atoms with Crippen LogP contribution in [0.1, 0.15) is 37.8 Å². The number of carbonyl (C=O) groups excluding carboxylic acids is 1. The lowest BCUT2D eigenvalue weighted by Gasteiger charge is -2.24. The fourth-order valence-electron chi connectivity index (χ4n) is 1.77. The Morgan fingerprint density at radius 2 is 1.89 bits per heavy atom. The lowest BCUT2D eigenvalue weighted by atomic mass is 9.97. The zero-order valence-electron chi connectivity index (χ0n) is 11.5. The van der Waals surface area contributed by atoms with Gasteiger partial charge in [0.1, 0.15) is 5.60 Å². The third-order valence-electron chi connectivity index (χ3n) is 3.29. The summed E-state index contributed by atoms with van der Waals surface area (Å²) in [5.74, 6) is -0.396. The van der Waals surface area contributed by atoms with Gasteiger partial charge in [-0.25, -0.2) is 0 Å². The Kier molecular flexibility index (Phi) is 4.73. The molecule has 1 amide bonds. The summed E-state index contributed by atoms with van der Waals surface area (Å²) in [5, 5.41) is 10.0. The fourth-order valence-corrected chi connectivity index (χ4v) is 1.77. The minimum absolute atomic E-state index is 0.393. The maximum absolute atomic E-state index is 11.9. The Morgan fingerprint density at radius 3 is 2.39 bits per heavy atom. The number of rotatable bonds is 5. The standard InChI is InChI=1S/C14H22N2O2/c1-5-14(18,6-2)13(17)16-15-12-8-7-10(3)9-11(12)4/h7-9,15,18H,5-6H2,1-4H3,(H,16,17). The van der Waals surface area contributed by atoms with E-state index in [1.165, 1.54) is 5.56 Å². The van der Waals surface area contributed by atoms with E-state index in [9.17, 15) is 9.90 Å². The highest BCUT2D eigenvalue weighted by Gasteiger charge is 2.31. The normalized spacial score (nSPS) is 11.2. The summed E-state index contributed by atoms with van der Waals surface area (Å²) in [7, 11) is 0. The zero-order chi connectivity index (χ0) is 13.8. The molecule has 100 valence electrons. The van der Waals surface area contributed by atoms with E-state index in [4.69, 9.17) is 0 Å².